The maximum Gasteiger partial charge on any atom is 0.285 e. The highest BCUT2D eigenvalue weighted by Gasteiger charge is 2.31. The minimum atomic E-state index is -0.620. The van der Waals surface area contributed by atoms with E-state index in [1.165, 1.54) is 13.3 Å². The van der Waals surface area contributed by atoms with Crippen molar-refractivity contribution in [1.82, 2.24) is 5.06 Å². The highest BCUT2D eigenvalue weighted by molar-refractivity contribution is 9.10. The molecule has 1 N–H and O–H groups in total. The van der Waals surface area contributed by atoms with Crippen LogP contribution in [0, 0.1) is 0 Å². The molecule has 4 aromatic carbocycles. The van der Waals surface area contributed by atoms with E-state index in [9.17, 15) is 10.0 Å². The maximum absolute atomic E-state index is 13.0. The highest BCUT2D eigenvalue weighted by atomic mass is 79.9. The van der Waals surface area contributed by atoms with E-state index in [1.807, 2.05) is 49.4 Å². The highest BCUT2D eigenvalue weighted by Crippen LogP contribution is 2.46. The molecule has 1 heterocycles. The molecule has 1 aliphatic heterocycles. The summed E-state index contributed by atoms with van der Waals surface area (Å²) in [6.45, 7) is 2.46. The fourth-order valence-electron chi connectivity index (χ4n) is 5.94. The van der Waals surface area contributed by atoms with Crippen molar-refractivity contribution in [2.45, 2.75) is 42.1 Å². The predicted molar refractivity (Wildman–Crippen MR) is 199 cm³/mol. The number of ether oxygens (including phenoxy) is 7. The first-order chi connectivity index (χ1) is 24.7. The zero-order chi connectivity index (χ0) is 36.5. The second kappa shape index (κ2) is 17.7. The molecule has 0 aromatic heterocycles. The summed E-state index contributed by atoms with van der Waals surface area (Å²) in [6.07, 6.45) is 3.85. The number of hydrogen-bond acceptors (Lipinski definition) is 10. The number of para-hydroxylation sites is 1. The fraction of sp³-hybridized carbons (Fsp3) is 0.308. The van der Waals surface area contributed by atoms with Gasteiger partial charge in [0.1, 0.15) is 11.2 Å². The van der Waals surface area contributed by atoms with Crippen molar-refractivity contribution in [2.75, 3.05) is 42.2 Å². The summed E-state index contributed by atoms with van der Waals surface area (Å²) in [5.41, 5.74) is 2.69. The van der Waals surface area contributed by atoms with Crippen LogP contribution in [0.4, 0.5) is 0 Å². The molecule has 0 aliphatic carbocycles. The Labute approximate surface area is 311 Å². The zero-order valence-electron chi connectivity index (χ0n) is 29.4. The summed E-state index contributed by atoms with van der Waals surface area (Å²) in [4.78, 5) is 14.1. The van der Waals surface area contributed by atoms with Gasteiger partial charge in [-0.25, -0.2) is 0 Å². The van der Waals surface area contributed by atoms with Crippen LogP contribution in [0.3, 0.4) is 0 Å². The van der Waals surface area contributed by atoms with E-state index in [0.717, 1.165) is 26.1 Å². The van der Waals surface area contributed by atoms with E-state index >= 15 is 0 Å². The number of amides is 1. The largest absolute Gasteiger partial charge is 0.496 e. The van der Waals surface area contributed by atoms with Crippen LogP contribution in [0.5, 0.6) is 34.5 Å². The summed E-state index contributed by atoms with van der Waals surface area (Å²) in [5.74, 6) is 2.56. The minimum absolute atomic E-state index is 0.0355. The number of halogens is 1. The molecule has 0 saturated carbocycles. The summed E-state index contributed by atoms with van der Waals surface area (Å²) < 4.78 is 41.8. The summed E-state index contributed by atoms with van der Waals surface area (Å²) in [7, 11) is 7.85. The molecule has 1 amide bonds. The third-order valence-electron chi connectivity index (χ3n) is 8.44. The summed E-state index contributed by atoms with van der Waals surface area (Å²) in [5, 5.41) is 11.2. The first-order valence-electron chi connectivity index (χ1n) is 16.2. The molecule has 270 valence electrons. The van der Waals surface area contributed by atoms with Gasteiger partial charge < -0.3 is 33.2 Å². The number of nitrogens with zero attached hydrogens (tertiary/aromatic N) is 1. The van der Waals surface area contributed by atoms with E-state index in [2.05, 4.69) is 22.0 Å². The Hall–Kier alpha value is -4.36. The normalized spacial score (nSPS) is 16.1. The Morgan fingerprint density at radius 1 is 0.882 bits per heavy atom. The van der Waals surface area contributed by atoms with Gasteiger partial charge in [0.25, 0.3) is 5.91 Å². The van der Waals surface area contributed by atoms with Crippen LogP contribution in [0.1, 0.15) is 52.4 Å². The molecule has 0 bridgehead atoms. The first-order valence-corrected chi connectivity index (χ1v) is 17.9. The van der Waals surface area contributed by atoms with Crippen molar-refractivity contribution in [3.8, 4) is 34.5 Å². The van der Waals surface area contributed by atoms with Crippen LogP contribution in [-0.4, -0.2) is 63.8 Å². The molecule has 1 saturated heterocycles. The van der Waals surface area contributed by atoms with E-state index in [1.54, 1.807) is 70.5 Å². The second-order valence-corrected chi connectivity index (χ2v) is 13.8. The molecule has 5 rings (SSSR count). The molecule has 4 aromatic rings. The molecule has 1 aliphatic rings. The quantitative estimate of drug-likeness (QED) is 0.0545. The minimum Gasteiger partial charge on any atom is -0.496 e. The van der Waals surface area contributed by atoms with Crippen molar-refractivity contribution in [1.29, 1.82) is 0 Å². The van der Waals surface area contributed by atoms with Crippen molar-refractivity contribution in [2.24, 2.45) is 0 Å². The average Bonchev–Trinajstić information content (AvgIpc) is 3.65. The Morgan fingerprint density at radius 2 is 1.51 bits per heavy atom. The lowest BCUT2D eigenvalue weighted by atomic mass is 9.91. The number of thioether (sulfide) groups is 1. The van der Waals surface area contributed by atoms with Gasteiger partial charge in [0, 0.05) is 27.0 Å². The maximum atomic E-state index is 13.0. The van der Waals surface area contributed by atoms with Crippen LogP contribution in [0.15, 0.2) is 94.4 Å². The summed E-state index contributed by atoms with van der Waals surface area (Å²) in [6, 6.07) is 22.6. The number of rotatable bonds is 15. The Kier molecular flexibility index (Phi) is 13.2. The number of carbonyl (C=O) groups excluding carboxylic acids is 1. The van der Waals surface area contributed by atoms with E-state index in [0.29, 0.717) is 59.0 Å². The number of hydrogen-bond donors (Lipinski definition) is 1. The van der Waals surface area contributed by atoms with Gasteiger partial charge in [-0.1, -0.05) is 48.2 Å². The average molecular weight is 781 g/mol. The van der Waals surface area contributed by atoms with Crippen LogP contribution < -0.4 is 28.4 Å². The Morgan fingerprint density at radius 3 is 2.18 bits per heavy atom. The molecule has 3 unspecified atom stereocenters. The van der Waals surface area contributed by atoms with Gasteiger partial charge in [0.15, 0.2) is 23.0 Å². The van der Waals surface area contributed by atoms with Gasteiger partial charge in [-0.2, -0.15) is 5.06 Å². The SMILES string of the molecule is COc1ccccc1C(=O)N(O)/C=C/Cc1cc(C2COC(c3cc(OC)c(OC)c(OC)c3)C2)cc(OC)c1OC(C)Sc1ccccc1Br. The lowest BCUT2D eigenvalue weighted by Crippen LogP contribution is -2.22. The first kappa shape index (κ1) is 37.9. The molecule has 1 fully saturated rings. The van der Waals surface area contributed by atoms with Gasteiger partial charge in [0.05, 0.1) is 53.8 Å². The topological polar surface area (TPSA) is 105 Å². The van der Waals surface area contributed by atoms with Gasteiger partial charge in [0.2, 0.25) is 5.75 Å². The van der Waals surface area contributed by atoms with Crippen molar-refractivity contribution in [3.05, 3.63) is 112 Å². The third-order valence-corrected chi connectivity index (χ3v) is 10.4. The van der Waals surface area contributed by atoms with Crippen LogP contribution in [-0.2, 0) is 11.2 Å². The molecule has 10 nitrogen and oxygen atoms in total. The molecule has 0 radical (unpaired) electrons. The number of methoxy groups -OCH3 is 5. The van der Waals surface area contributed by atoms with Gasteiger partial charge in [-0.3, -0.25) is 10.0 Å². The standard InChI is InChI=1S/C39H42BrNO9S/c1-24(51-36-16-10-8-14-30(36)40)50-37-25(12-11-17-41(43)39(42)29-13-7-9-15-31(29)44-2)18-26(19-33(37)45-3)28-22-32(49-23-28)27-20-34(46-4)38(48-6)35(21-27)47-5/h7-11,13-21,24,28,32,43H,12,22-23H2,1-6H3/b17-11+. The monoisotopic (exact) mass is 779 g/mol. The van der Waals surface area contributed by atoms with Crippen LogP contribution in [0.2, 0.25) is 0 Å². The number of hydroxylamine groups is 2. The molecule has 0 spiro atoms. The number of allylic oxidation sites excluding steroid dienone is 1. The van der Waals surface area contributed by atoms with Crippen molar-refractivity contribution < 1.29 is 43.2 Å². The molecular formula is C39H42BrNO9S. The van der Waals surface area contributed by atoms with Crippen molar-refractivity contribution >= 4 is 33.6 Å². The van der Waals surface area contributed by atoms with Gasteiger partial charge >= 0.3 is 0 Å². The summed E-state index contributed by atoms with van der Waals surface area (Å²) >= 11 is 5.19. The third kappa shape index (κ3) is 8.93. The molecular weight excluding hydrogens is 738 g/mol. The smallest absolute Gasteiger partial charge is 0.285 e. The number of carbonyl (C=O) groups is 1. The molecule has 12 heteroatoms. The van der Waals surface area contributed by atoms with E-state index in [-0.39, 0.29) is 23.0 Å². The predicted octanol–water partition coefficient (Wildman–Crippen LogP) is 8.84. The molecule has 3 atom stereocenters. The van der Waals surface area contributed by atoms with E-state index < -0.39 is 5.91 Å². The second-order valence-electron chi connectivity index (χ2n) is 11.6. The zero-order valence-corrected chi connectivity index (χ0v) is 31.8. The lowest BCUT2D eigenvalue weighted by molar-refractivity contribution is -0.0206. The lowest BCUT2D eigenvalue weighted by Gasteiger charge is -2.22. The van der Waals surface area contributed by atoms with Crippen molar-refractivity contribution in [3.63, 3.8) is 0 Å². The molecule has 51 heavy (non-hydrogen) atoms. The van der Waals surface area contributed by atoms with Gasteiger partial charge in [-0.15, -0.1) is 0 Å². The van der Waals surface area contributed by atoms with E-state index in [4.69, 9.17) is 33.2 Å². The fourth-order valence-corrected chi connectivity index (χ4v) is 7.34. The van der Waals surface area contributed by atoms with Gasteiger partial charge in [-0.05, 0) is 89.3 Å². The van der Waals surface area contributed by atoms with Crippen LogP contribution in [0.25, 0.3) is 0 Å². The Balaban J connectivity index is 1.43. The number of benzene rings is 4. The Bertz CT molecular complexity index is 1830. The van der Waals surface area contributed by atoms with Crippen LogP contribution >= 0.6 is 27.7 Å².